The lowest BCUT2D eigenvalue weighted by Crippen LogP contribution is -2.33. The first kappa shape index (κ1) is 12.7. The zero-order valence-corrected chi connectivity index (χ0v) is 10.8. The van der Waals surface area contributed by atoms with Gasteiger partial charge in [0, 0.05) is 5.54 Å². The molecule has 2 N–H and O–H groups in total. The second-order valence-corrected chi connectivity index (χ2v) is 4.73. The summed E-state index contributed by atoms with van der Waals surface area (Å²) in [5.74, 6) is 1.05. The Morgan fingerprint density at radius 1 is 1.22 bits per heavy atom. The van der Waals surface area contributed by atoms with E-state index < -0.39 is 0 Å². The summed E-state index contributed by atoms with van der Waals surface area (Å²) in [4.78, 5) is 0. The summed E-state index contributed by atoms with van der Waals surface area (Å²) < 4.78 is 10.5. The van der Waals surface area contributed by atoms with Crippen LogP contribution in [0.25, 0.3) is 0 Å². The Kier molecular flexibility index (Phi) is 3.44. The molecule has 0 spiro atoms. The largest absolute Gasteiger partial charge is 0.493 e. The van der Waals surface area contributed by atoms with E-state index in [1.807, 2.05) is 12.1 Å². The number of benzene rings is 1. The van der Waals surface area contributed by atoms with E-state index in [0.29, 0.717) is 17.1 Å². The summed E-state index contributed by atoms with van der Waals surface area (Å²) in [6, 6.07) is 5.86. The van der Waals surface area contributed by atoms with Crippen molar-refractivity contribution in [3.8, 4) is 17.6 Å². The van der Waals surface area contributed by atoms with Gasteiger partial charge in [0.2, 0.25) is 0 Å². The number of nitrogens with zero attached hydrogens (tertiary/aromatic N) is 1. The average molecular weight is 246 g/mol. The molecule has 1 fully saturated rings. The summed E-state index contributed by atoms with van der Waals surface area (Å²) in [6.07, 6.45) is 4.17. The number of nitrogens with two attached hydrogens (primary N) is 1. The third-order valence-corrected chi connectivity index (χ3v) is 3.67. The Bertz CT molecular complexity index is 485. The lowest BCUT2D eigenvalue weighted by molar-refractivity contribution is 0.351. The first-order valence-corrected chi connectivity index (χ1v) is 6.10. The van der Waals surface area contributed by atoms with Gasteiger partial charge in [0.1, 0.15) is 6.07 Å². The van der Waals surface area contributed by atoms with E-state index in [2.05, 4.69) is 6.07 Å². The van der Waals surface area contributed by atoms with Crippen molar-refractivity contribution in [1.29, 1.82) is 5.26 Å². The summed E-state index contributed by atoms with van der Waals surface area (Å²) in [5.41, 5.74) is 7.53. The monoisotopic (exact) mass is 246 g/mol. The molecule has 0 saturated heterocycles. The van der Waals surface area contributed by atoms with Crippen LogP contribution in [0.1, 0.15) is 36.8 Å². The quantitative estimate of drug-likeness (QED) is 0.888. The number of methoxy groups -OCH3 is 2. The molecule has 0 unspecified atom stereocenters. The summed E-state index contributed by atoms with van der Waals surface area (Å²) in [7, 11) is 3.10. The smallest absolute Gasteiger partial charge is 0.178 e. The van der Waals surface area contributed by atoms with Crippen molar-refractivity contribution in [2.75, 3.05) is 14.2 Å². The van der Waals surface area contributed by atoms with Crippen LogP contribution >= 0.6 is 0 Å². The fourth-order valence-electron chi connectivity index (χ4n) is 2.63. The van der Waals surface area contributed by atoms with Crippen molar-refractivity contribution in [3.05, 3.63) is 23.3 Å². The van der Waals surface area contributed by atoms with Crippen LogP contribution in [-0.2, 0) is 5.54 Å². The Labute approximate surface area is 107 Å². The van der Waals surface area contributed by atoms with E-state index >= 15 is 0 Å². The molecule has 0 radical (unpaired) electrons. The first-order chi connectivity index (χ1) is 8.64. The minimum atomic E-state index is -0.328. The number of ether oxygens (including phenoxy) is 2. The number of hydrogen-bond donors (Lipinski definition) is 1. The number of rotatable bonds is 3. The molecule has 96 valence electrons. The van der Waals surface area contributed by atoms with E-state index in [4.69, 9.17) is 15.2 Å². The second kappa shape index (κ2) is 4.87. The van der Waals surface area contributed by atoms with Gasteiger partial charge in [-0.05, 0) is 30.5 Å². The highest BCUT2D eigenvalue weighted by molar-refractivity contribution is 5.56. The molecular weight excluding hydrogens is 228 g/mol. The Balaban J connectivity index is 2.54. The van der Waals surface area contributed by atoms with E-state index in [0.717, 1.165) is 31.2 Å². The predicted molar refractivity (Wildman–Crippen MR) is 68.6 cm³/mol. The molecule has 0 amide bonds. The highest BCUT2D eigenvalue weighted by atomic mass is 16.5. The molecule has 1 aliphatic rings. The molecule has 2 rings (SSSR count). The Morgan fingerprint density at radius 3 is 2.39 bits per heavy atom. The van der Waals surface area contributed by atoms with Gasteiger partial charge in [0.15, 0.2) is 11.5 Å². The van der Waals surface area contributed by atoms with Crippen molar-refractivity contribution in [3.63, 3.8) is 0 Å². The predicted octanol–water partition coefficient (Wildman–Crippen LogP) is 2.30. The second-order valence-electron chi connectivity index (χ2n) is 4.73. The van der Waals surface area contributed by atoms with Crippen LogP contribution in [0.3, 0.4) is 0 Å². The fourth-order valence-corrected chi connectivity index (χ4v) is 2.63. The van der Waals surface area contributed by atoms with Crippen LogP contribution in [-0.4, -0.2) is 14.2 Å². The molecule has 0 aromatic heterocycles. The van der Waals surface area contributed by atoms with Crippen molar-refractivity contribution in [2.45, 2.75) is 31.2 Å². The highest BCUT2D eigenvalue weighted by Crippen LogP contribution is 2.41. The molecule has 18 heavy (non-hydrogen) atoms. The van der Waals surface area contributed by atoms with Gasteiger partial charge in [-0.1, -0.05) is 12.8 Å². The molecule has 4 heteroatoms. The summed E-state index contributed by atoms with van der Waals surface area (Å²) in [5, 5.41) is 9.19. The Hall–Kier alpha value is -1.73. The number of nitriles is 1. The van der Waals surface area contributed by atoms with E-state index in [1.165, 1.54) is 7.11 Å². The molecule has 0 atom stereocenters. The highest BCUT2D eigenvalue weighted by Gasteiger charge is 2.32. The van der Waals surface area contributed by atoms with Crippen LogP contribution in [0.5, 0.6) is 11.5 Å². The zero-order valence-electron chi connectivity index (χ0n) is 10.8. The van der Waals surface area contributed by atoms with Gasteiger partial charge in [0.05, 0.1) is 19.8 Å². The van der Waals surface area contributed by atoms with Crippen LogP contribution in [0.15, 0.2) is 12.1 Å². The van der Waals surface area contributed by atoms with Crippen LogP contribution in [0.4, 0.5) is 0 Å². The lowest BCUT2D eigenvalue weighted by atomic mass is 9.88. The normalized spacial score (nSPS) is 17.2. The van der Waals surface area contributed by atoms with Crippen molar-refractivity contribution < 1.29 is 9.47 Å². The first-order valence-electron chi connectivity index (χ1n) is 6.10. The Morgan fingerprint density at radius 2 is 1.89 bits per heavy atom. The third kappa shape index (κ3) is 2.02. The molecule has 0 aliphatic heterocycles. The molecule has 4 nitrogen and oxygen atoms in total. The minimum Gasteiger partial charge on any atom is -0.493 e. The molecule has 0 bridgehead atoms. The van der Waals surface area contributed by atoms with Crippen LogP contribution in [0, 0.1) is 11.3 Å². The maximum atomic E-state index is 9.19. The molecule has 1 aromatic carbocycles. The lowest BCUT2D eigenvalue weighted by Gasteiger charge is -2.25. The molecule has 1 aromatic rings. The van der Waals surface area contributed by atoms with E-state index in [1.54, 1.807) is 7.11 Å². The van der Waals surface area contributed by atoms with E-state index in [9.17, 15) is 5.26 Å². The minimum absolute atomic E-state index is 0.328. The van der Waals surface area contributed by atoms with Gasteiger partial charge in [-0.15, -0.1) is 0 Å². The van der Waals surface area contributed by atoms with Crippen molar-refractivity contribution in [2.24, 2.45) is 5.73 Å². The van der Waals surface area contributed by atoms with Crippen LogP contribution < -0.4 is 15.2 Å². The van der Waals surface area contributed by atoms with Gasteiger partial charge in [0.25, 0.3) is 0 Å². The molecule has 1 aliphatic carbocycles. The van der Waals surface area contributed by atoms with Crippen molar-refractivity contribution in [1.82, 2.24) is 0 Å². The topological polar surface area (TPSA) is 68.3 Å². The summed E-state index contributed by atoms with van der Waals surface area (Å²) >= 11 is 0. The van der Waals surface area contributed by atoms with Gasteiger partial charge in [-0.25, -0.2) is 0 Å². The van der Waals surface area contributed by atoms with Gasteiger partial charge in [-0.3, -0.25) is 0 Å². The van der Waals surface area contributed by atoms with Gasteiger partial charge in [-0.2, -0.15) is 5.26 Å². The van der Waals surface area contributed by atoms with Gasteiger partial charge >= 0.3 is 0 Å². The van der Waals surface area contributed by atoms with Crippen molar-refractivity contribution >= 4 is 0 Å². The standard InChI is InChI=1S/C14H18N2O2/c1-17-12-8-11(14(16)5-3-4-6-14)7-10(9-15)13(12)18-2/h7-8H,3-6,16H2,1-2H3. The SMILES string of the molecule is COc1cc(C2(N)CCCC2)cc(C#N)c1OC. The third-order valence-electron chi connectivity index (χ3n) is 3.67. The molecule has 1 saturated carbocycles. The maximum absolute atomic E-state index is 9.19. The average Bonchev–Trinajstić information content (AvgIpc) is 2.85. The maximum Gasteiger partial charge on any atom is 0.178 e. The summed E-state index contributed by atoms with van der Waals surface area (Å²) in [6.45, 7) is 0. The van der Waals surface area contributed by atoms with Crippen LogP contribution in [0.2, 0.25) is 0 Å². The zero-order chi connectivity index (χ0) is 13.2. The molecular formula is C14H18N2O2. The fraction of sp³-hybridized carbons (Fsp3) is 0.500. The van der Waals surface area contributed by atoms with Gasteiger partial charge < -0.3 is 15.2 Å². The molecule has 0 heterocycles. The van der Waals surface area contributed by atoms with E-state index in [-0.39, 0.29) is 5.54 Å². The number of hydrogen-bond acceptors (Lipinski definition) is 4.